The van der Waals surface area contributed by atoms with Crippen LogP contribution in [-0.4, -0.2) is 60.5 Å². The van der Waals surface area contributed by atoms with Crippen LogP contribution in [0.25, 0.3) is 0 Å². The number of amides is 3. The van der Waals surface area contributed by atoms with Crippen molar-refractivity contribution in [1.29, 1.82) is 0 Å². The van der Waals surface area contributed by atoms with Gasteiger partial charge in [-0.1, -0.05) is 0 Å². The molecule has 144 valence electrons. The number of nitrogens with one attached hydrogen (secondary N) is 2. The number of benzene rings is 1. The molecule has 1 aromatic carbocycles. The van der Waals surface area contributed by atoms with Crippen molar-refractivity contribution < 1.29 is 41.9 Å². The number of hydrogen-bond acceptors (Lipinski definition) is 5. The van der Waals surface area contributed by atoms with Crippen LogP contribution in [0.2, 0.25) is 0 Å². The van der Waals surface area contributed by atoms with Gasteiger partial charge in [0.15, 0.2) is 6.04 Å². The summed E-state index contributed by atoms with van der Waals surface area (Å²) >= 11 is 0. The van der Waals surface area contributed by atoms with Crippen molar-refractivity contribution in [2.24, 2.45) is 0 Å². The first kappa shape index (κ1) is 21.2. The number of rotatable bonds is 7. The van der Waals surface area contributed by atoms with Crippen molar-refractivity contribution >= 4 is 17.7 Å². The Morgan fingerprint density at radius 1 is 1.15 bits per heavy atom. The Balaban J connectivity index is 2.99. The summed E-state index contributed by atoms with van der Waals surface area (Å²) in [7, 11) is 2.29. The van der Waals surface area contributed by atoms with E-state index in [9.17, 15) is 31.9 Å². The zero-order valence-electron chi connectivity index (χ0n) is 13.5. The molecule has 0 saturated heterocycles. The van der Waals surface area contributed by atoms with Crippen LogP contribution in [-0.2, 0) is 9.59 Å². The first-order valence-corrected chi connectivity index (χ1v) is 6.93. The average molecular weight is 381 g/mol. The minimum Gasteiger partial charge on any atom is -0.428 e. The standard InChI is InChI=1S/C14H15F4N3O5/c1-19-10(22)9(11(23)20-25)21(2)12(24)7-3-5-8(6-4-7)26-14(17,18)13(15)16/h3-6,9,13,25H,1-2H3,(H,19,22)(H,20,23). The fraction of sp³-hybridized carbons (Fsp3) is 0.357. The Labute approximate surface area is 144 Å². The SMILES string of the molecule is CNC(=O)C(C(=O)NO)N(C)C(=O)c1ccc(OC(F)(F)C(F)F)cc1. The summed E-state index contributed by atoms with van der Waals surface area (Å²) < 4.78 is 53.7. The lowest BCUT2D eigenvalue weighted by atomic mass is 10.1. The second kappa shape index (κ2) is 8.47. The van der Waals surface area contributed by atoms with Gasteiger partial charge < -0.3 is 15.0 Å². The number of likely N-dealkylation sites (N-methyl/N-ethyl adjacent to an activating group) is 2. The summed E-state index contributed by atoms with van der Waals surface area (Å²) in [5.41, 5.74) is 1.09. The number of carbonyl (C=O) groups excluding carboxylic acids is 3. The van der Waals surface area contributed by atoms with Gasteiger partial charge in [-0.2, -0.15) is 17.6 Å². The summed E-state index contributed by atoms with van der Waals surface area (Å²) in [6.07, 6.45) is -8.74. The molecule has 0 bridgehead atoms. The Morgan fingerprint density at radius 3 is 2.12 bits per heavy atom. The van der Waals surface area contributed by atoms with Crippen LogP contribution in [0.1, 0.15) is 10.4 Å². The summed E-state index contributed by atoms with van der Waals surface area (Å²) in [5, 5.41) is 10.8. The highest BCUT2D eigenvalue weighted by molar-refractivity contribution is 6.08. The van der Waals surface area contributed by atoms with E-state index >= 15 is 0 Å². The molecule has 1 rings (SSSR count). The van der Waals surface area contributed by atoms with Crippen LogP contribution >= 0.6 is 0 Å². The van der Waals surface area contributed by atoms with Gasteiger partial charge in [-0.05, 0) is 24.3 Å². The van der Waals surface area contributed by atoms with Crippen LogP contribution in [0.15, 0.2) is 24.3 Å². The van der Waals surface area contributed by atoms with Crippen LogP contribution in [0, 0.1) is 0 Å². The molecule has 0 fully saturated rings. The number of halogens is 4. The molecule has 0 heterocycles. The Bertz CT molecular complexity index is 653. The summed E-state index contributed by atoms with van der Waals surface area (Å²) in [5.74, 6) is -3.58. The van der Waals surface area contributed by atoms with Crippen molar-refractivity contribution in [2.75, 3.05) is 14.1 Å². The lowest BCUT2D eigenvalue weighted by Crippen LogP contribution is -2.54. The number of ether oxygens (including phenoxy) is 1. The highest BCUT2D eigenvalue weighted by Gasteiger charge is 2.44. The second-order valence-corrected chi connectivity index (χ2v) is 4.90. The highest BCUT2D eigenvalue weighted by Crippen LogP contribution is 2.27. The van der Waals surface area contributed by atoms with E-state index in [2.05, 4.69) is 10.1 Å². The van der Waals surface area contributed by atoms with E-state index in [1.807, 2.05) is 0 Å². The Hall–Kier alpha value is -2.89. The maximum Gasteiger partial charge on any atom is 0.461 e. The molecule has 0 spiro atoms. The largest absolute Gasteiger partial charge is 0.461 e. The maximum absolute atomic E-state index is 12.8. The minimum atomic E-state index is -4.70. The van der Waals surface area contributed by atoms with Crippen LogP contribution < -0.4 is 15.5 Å². The predicted octanol–water partition coefficient (Wildman–Crippen LogP) is 0.615. The summed E-state index contributed by atoms with van der Waals surface area (Å²) in [6.45, 7) is 0. The van der Waals surface area contributed by atoms with Crippen molar-refractivity contribution in [1.82, 2.24) is 15.7 Å². The van der Waals surface area contributed by atoms with E-state index in [1.54, 1.807) is 0 Å². The van der Waals surface area contributed by atoms with Gasteiger partial charge in [0, 0.05) is 19.7 Å². The molecule has 8 nitrogen and oxygen atoms in total. The van der Waals surface area contributed by atoms with E-state index in [4.69, 9.17) is 5.21 Å². The Kier molecular flexibility index (Phi) is 6.89. The van der Waals surface area contributed by atoms with E-state index in [-0.39, 0.29) is 5.56 Å². The monoisotopic (exact) mass is 381 g/mol. The third-order valence-corrected chi connectivity index (χ3v) is 3.17. The zero-order chi connectivity index (χ0) is 20.1. The van der Waals surface area contributed by atoms with Gasteiger partial charge >= 0.3 is 12.5 Å². The van der Waals surface area contributed by atoms with Crippen LogP contribution in [0.3, 0.4) is 0 Å². The third-order valence-electron chi connectivity index (χ3n) is 3.17. The smallest absolute Gasteiger partial charge is 0.428 e. The number of hydrogen-bond donors (Lipinski definition) is 3. The molecular formula is C14H15F4N3O5. The molecule has 1 unspecified atom stereocenters. The molecule has 26 heavy (non-hydrogen) atoms. The number of hydroxylamine groups is 1. The van der Waals surface area contributed by atoms with E-state index in [1.165, 1.54) is 12.5 Å². The topological polar surface area (TPSA) is 108 Å². The molecule has 1 aromatic rings. The van der Waals surface area contributed by atoms with Crippen LogP contribution in [0.5, 0.6) is 5.75 Å². The van der Waals surface area contributed by atoms with Crippen molar-refractivity contribution in [3.63, 3.8) is 0 Å². The summed E-state index contributed by atoms with van der Waals surface area (Å²) in [4.78, 5) is 36.3. The highest BCUT2D eigenvalue weighted by atomic mass is 19.3. The molecule has 12 heteroatoms. The summed E-state index contributed by atoms with van der Waals surface area (Å²) in [6, 6.07) is 1.94. The molecule has 0 aliphatic carbocycles. The normalized spacial score (nSPS) is 12.3. The second-order valence-electron chi connectivity index (χ2n) is 4.90. The molecule has 0 radical (unpaired) electrons. The molecule has 0 aliphatic heterocycles. The average Bonchev–Trinajstić information content (AvgIpc) is 2.60. The number of carbonyl (C=O) groups is 3. The van der Waals surface area contributed by atoms with Crippen molar-refractivity contribution in [3.8, 4) is 5.75 Å². The molecular weight excluding hydrogens is 366 g/mol. The van der Waals surface area contributed by atoms with Gasteiger partial charge in [-0.25, -0.2) is 5.48 Å². The quantitative estimate of drug-likeness (QED) is 0.278. The fourth-order valence-electron chi connectivity index (χ4n) is 1.86. The van der Waals surface area contributed by atoms with E-state index in [0.717, 1.165) is 31.3 Å². The predicted molar refractivity (Wildman–Crippen MR) is 77.9 cm³/mol. The van der Waals surface area contributed by atoms with Crippen molar-refractivity contribution in [3.05, 3.63) is 29.8 Å². The van der Waals surface area contributed by atoms with Crippen LogP contribution in [0.4, 0.5) is 17.6 Å². The van der Waals surface area contributed by atoms with Gasteiger partial charge in [0.25, 0.3) is 17.7 Å². The van der Waals surface area contributed by atoms with Crippen molar-refractivity contribution in [2.45, 2.75) is 18.6 Å². The zero-order valence-corrected chi connectivity index (χ0v) is 13.5. The molecule has 0 aliphatic rings. The molecule has 3 N–H and O–H groups in total. The van der Waals surface area contributed by atoms with Gasteiger partial charge in [0.2, 0.25) is 0 Å². The fourth-order valence-corrected chi connectivity index (χ4v) is 1.86. The first-order chi connectivity index (χ1) is 12.0. The number of alkyl halides is 4. The molecule has 1 atom stereocenters. The number of nitrogens with zero attached hydrogens (tertiary/aromatic N) is 1. The van der Waals surface area contributed by atoms with Gasteiger partial charge in [0.1, 0.15) is 5.75 Å². The third kappa shape index (κ3) is 4.81. The van der Waals surface area contributed by atoms with E-state index in [0.29, 0.717) is 4.90 Å². The first-order valence-electron chi connectivity index (χ1n) is 6.93. The molecule has 0 saturated carbocycles. The van der Waals surface area contributed by atoms with Gasteiger partial charge in [0.05, 0.1) is 0 Å². The Morgan fingerprint density at radius 2 is 1.69 bits per heavy atom. The maximum atomic E-state index is 12.8. The van der Waals surface area contributed by atoms with E-state index < -0.39 is 42.0 Å². The minimum absolute atomic E-state index is 0.153. The van der Waals surface area contributed by atoms with Gasteiger partial charge in [-0.15, -0.1) is 0 Å². The van der Waals surface area contributed by atoms with Gasteiger partial charge in [-0.3, -0.25) is 19.6 Å². The lowest BCUT2D eigenvalue weighted by Gasteiger charge is -2.25. The molecule has 0 aromatic heterocycles. The molecule has 3 amide bonds. The lowest BCUT2D eigenvalue weighted by molar-refractivity contribution is -0.253.